The van der Waals surface area contributed by atoms with Crippen molar-refractivity contribution in [3.8, 4) is 0 Å². The smallest absolute Gasteiger partial charge is 0.362 e. The predicted octanol–water partition coefficient (Wildman–Crippen LogP) is 14.8. The molecule has 2 unspecified atom stereocenters. The number of likely N-dealkylation sites (N-methyl/N-ethyl adjacent to an activating group) is 1. The number of aliphatic carboxylic acids is 1. The first-order chi connectivity index (χ1) is 29.6. The lowest BCUT2D eigenvalue weighted by atomic mass is 10.1. The molecule has 61 heavy (non-hydrogen) atoms. The van der Waals surface area contributed by atoms with Crippen LogP contribution in [0, 0.1) is 0 Å². The Morgan fingerprint density at radius 2 is 0.820 bits per heavy atom. The van der Waals surface area contributed by atoms with Gasteiger partial charge in [0.1, 0.15) is 6.61 Å². The van der Waals surface area contributed by atoms with E-state index in [9.17, 15) is 19.5 Å². The lowest BCUT2D eigenvalue weighted by Gasteiger charge is -2.31. The van der Waals surface area contributed by atoms with Crippen LogP contribution in [-0.4, -0.2) is 80.6 Å². The van der Waals surface area contributed by atoms with E-state index in [0.717, 1.165) is 38.5 Å². The molecule has 8 heteroatoms. The number of allylic oxidation sites excluding steroid dienone is 4. The number of quaternary nitrogens is 1. The zero-order valence-corrected chi connectivity index (χ0v) is 40.9. The van der Waals surface area contributed by atoms with Crippen LogP contribution < -0.4 is 0 Å². The van der Waals surface area contributed by atoms with Crippen LogP contribution >= 0.6 is 0 Å². The fraction of sp³-hybridized carbons (Fsp3) is 0.868. The number of carbonyl (C=O) groups excluding carboxylic acids is 2. The van der Waals surface area contributed by atoms with Crippen molar-refractivity contribution in [3.63, 3.8) is 0 Å². The van der Waals surface area contributed by atoms with Crippen LogP contribution in [0.3, 0.4) is 0 Å². The van der Waals surface area contributed by atoms with Crippen LogP contribution in [0.1, 0.15) is 245 Å². The predicted molar refractivity (Wildman–Crippen MR) is 257 cm³/mol. The number of carbonyl (C=O) groups is 3. The highest BCUT2D eigenvalue weighted by atomic mass is 16.6. The minimum atomic E-state index is -0.873. The monoisotopic (exact) mass is 863 g/mol. The Morgan fingerprint density at radius 3 is 1.18 bits per heavy atom. The van der Waals surface area contributed by atoms with Gasteiger partial charge in [-0.05, 0) is 64.2 Å². The van der Waals surface area contributed by atoms with Crippen molar-refractivity contribution >= 4 is 17.9 Å². The number of nitrogens with zero attached hydrogens (tertiary/aromatic N) is 1. The van der Waals surface area contributed by atoms with E-state index in [1.54, 1.807) is 0 Å². The lowest BCUT2D eigenvalue weighted by Crippen LogP contribution is -2.50. The molecule has 0 bridgehead atoms. The molecule has 0 rings (SSSR count). The highest BCUT2D eigenvalue weighted by molar-refractivity contribution is 5.72. The quantitative estimate of drug-likeness (QED) is 0.0281. The Bertz CT molecular complexity index is 1050. The van der Waals surface area contributed by atoms with Gasteiger partial charge in [-0.2, -0.15) is 0 Å². The molecule has 0 aliphatic heterocycles. The van der Waals surface area contributed by atoms with Gasteiger partial charge in [-0.15, -0.1) is 0 Å². The summed E-state index contributed by atoms with van der Waals surface area (Å²) in [6.45, 7) is 4.76. The number of ether oxygens (including phenoxy) is 3. The summed E-state index contributed by atoms with van der Waals surface area (Å²) < 4.78 is 17.4. The Kier molecular flexibility index (Phi) is 42.8. The summed E-state index contributed by atoms with van der Waals surface area (Å²) in [6.07, 6.45) is 50.8. The van der Waals surface area contributed by atoms with Crippen molar-refractivity contribution in [2.24, 2.45) is 0 Å². The second-order valence-electron chi connectivity index (χ2n) is 18.8. The molecule has 0 saturated heterocycles. The van der Waals surface area contributed by atoms with Crippen LogP contribution in [0.5, 0.6) is 0 Å². The average molecular weight is 863 g/mol. The van der Waals surface area contributed by atoms with Crippen molar-refractivity contribution < 1.29 is 38.2 Å². The molecule has 1 N–H and O–H groups in total. The summed E-state index contributed by atoms with van der Waals surface area (Å²) >= 11 is 0. The average Bonchev–Trinajstić information content (AvgIpc) is 3.22. The van der Waals surface area contributed by atoms with Crippen molar-refractivity contribution in [2.75, 3.05) is 41.0 Å². The molecule has 0 aromatic heterocycles. The van der Waals surface area contributed by atoms with Gasteiger partial charge < -0.3 is 23.8 Å². The van der Waals surface area contributed by atoms with Gasteiger partial charge in [0.15, 0.2) is 12.1 Å². The van der Waals surface area contributed by atoms with Crippen LogP contribution in [0.25, 0.3) is 0 Å². The Morgan fingerprint density at radius 1 is 0.475 bits per heavy atom. The van der Waals surface area contributed by atoms with Gasteiger partial charge in [0, 0.05) is 19.3 Å². The molecule has 0 fully saturated rings. The van der Waals surface area contributed by atoms with E-state index in [1.165, 1.54) is 173 Å². The zero-order chi connectivity index (χ0) is 44.9. The Balaban J connectivity index is 4.23. The van der Waals surface area contributed by atoms with Crippen LogP contribution in [0.15, 0.2) is 24.3 Å². The van der Waals surface area contributed by atoms with Crippen molar-refractivity contribution in [2.45, 2.75) is 257 Å². The van der Waals surface area contributed by atoms with E-state index < -0.39 is 18.1 Å². The van der Waals surface area contributed by atoms with Gasteiger partial charge in [-0.1, -0.05) is 186 Å². The van der Waals surface area contributed by atoms with Crippen molar-refractivity contribution in [1.29, 1.82) is 0 Å². The van der Waals surface area contributed by atoms with Crippen LogP contribution in [0.2, 0.25) is 0 Å². The summed E-state index contributed by atoms with van der Waals surface area (Å²) in [5.41, 5.74) is 0. The van der Waals surface area contributed by atoms with Gasteiger partial charge >= 0.3 is 17.9 Å². The molecular formula is C53H100NO7+. The molecule has 0 aliphatic carbocycles. The summed E-state index contributed by atoms with van der Waals surface area (Å²) in [5, 5.41) is 9.65. The van der Waals surface area contributed by atoms with Gasteiger partial charge in [-0.3, -0.25) is 9.59 Å². The van der Waals surface area contributed by atoms with E-state index in [0.29, 0.717) is 19.3 Å². The standard InChI is InChI=1S/C53H99NO7/c1-6-8-10-12-14-16-18-20-22-24-26-28-30-32-34-36-38-40-42-44-52(56)61-49(47-59-46-45-50(53(57)58)54(3,4)5)48-60-51(55)43-41-39-37-35-33-31-29-27-25-23-21-19-17-15-13-11-9-7-2/h20,22-23,25,49-50H,6-19,21,24,26-48H2,1-5H3/p+1/b22-20-,25-23-. The fourth-order valence-electron chi connectivity index (χ4n) is 7.79. The van der Waals surface area contributed by atoms with Crippen LogP contribution in [-0.2, 0) is 28.6 Å². The molecule has 0 spiro atoms. The third-order valence-electron chi connectivity index (χ3n) is 11.8. The summed E-state index contributed by atoms with van der Waals surface area (Å²) in [6, 6.07) is -0.614. The topological polar surface area (TPSA) is 99.1 Å². The zero-order valence-electron chi connectivity index (χ0n) is 40.9. The second kappa shape index (κ2) is 44.4. The number of carboxylic acids is 1. The van der Waals surface area contributed by atoms with Gasteiger partial charge in [0.05, 0.1) is 34.4 Å². The first kappa shape index (κ1) is 58.8. The number of rotatable bonds is 47. The number of unbranched alkanes of at least 4 members (excludes halogenated alkanes) is 29. The summed E-state index contributed by atoms with van der Waals surface area (Å²) in [5.74, 6) is -1.46. The largest absolute Gasteiger partial charge is 0.477 e. The van der Waals surface area contributed by atoms with E-state index in [4.69, 9.17) is 14.2 Å². The number of hydrogen-bond donors (Lipinski definition) is 1. The highest BCUT2D eigenvalue weighted by Gasteiger charge is 2.31. The number of esters is 2. The molecule has 0 saturated carbocycles. The SMILES string of the molecule is CCCCCCCC/C=C\CCCCCCCCCCCC(=O)OC(COCCC(C(=O)O)[N+](C)(C)C)COC(=O)CCCCCCCCC/C=C\CCCCCCCCC. The second-order valence-corrected chi connectivity index (χ2v) is 18.8. The van der Waals surface area contributed by atoms with E-state index in [-0.39, 0.29) is 36.2 Å². The molecule has 2 atom stereocenters. The fourth-order valence-corrected chi connectivity index (χ4v) is 7.79. The first-order valence-corrected chi connectivity index (χ1v) is 25.9. The molecule has 358 valence electrons. The van der Waals surface area contributed by atoms with E-state index >= 15 is 0 Å². The maximum atomic E-state index is 12.8. The van der Waals surface area contributed by atoms with Gasteiger partial charge in [0.2, 0.25) is 0 Å². The molecule has 0 amide bonds. The highest BCUT2D eigenvalue weighted by Crippen LogP contribution is 2.15. The van der Waals surface area contributed by atoms with E-state index in [2.05, 4.69) is 38.2 Å². The molecule has 8 nitrogen and oxygen atoms in total. The molecule has 0 aromatic rings. The minimum Gasteiger partial charge on any atom is -0.477 e. The van der Waals surface area contributed by atoms with Crippen molar-refractivity contribution in [1.82, 2.24) is 0 Å². The summed E-state index contributed by atoms with van der Waals surface area (Å²) in [7, 11) is 5.54. The minimum absolute atomic E-state index is 0.0504. The lowest BCUT2D eigenvalue weighted by molar-refractivity contribution is -0.887. The normalized spacial score (nSPS) is 13.0. The van der Waals surface area contributed by atoms with E-state index in [1.807, 2.05) is 21.1 Å². The maximum absolute atomic E-state index is 12.8. The molecule has 0 aliphatic rings. The number of hydrogen-bond acceptors (Lipinski definition) is 6. The number of carboxylic acid groups (broad SMARTS) is 1. The maximum Gasteiger partial charge on any atom is 0.362 e. The molecule has 0 heterocycles. The summed E-state index contributed by atoms with van der Waals surface area (Å²) in [4.78, 5) is 37.1. The van der Waals surface area contributed by atoms with Gasteiger partial charge in [-0.25, -0.2) is 4.79 Å². The Hall–Kier alpha value is -2.19. The van der Waals surface area contributed by atoms with Crippen molar-refractivity contribution in [3.05, 3.63) is 24.3 Å². The third-order valence-corrected chi connectivity index (χ3v) is 11.8. The molecular weight excluding hydrogens is 763 g/mol. The molecule has 0 aromatic carbocycles. The third kappa shape index (κ3) is 42.9. The first-order valence-electron chi connectivity index (χ1n) is 25.9. The Labute approximate surface area is 377 Å². The molecule has 0 radical (unpaired) electrons. The van der Waals surface area contributed by atoms with Crippen LogP contribution in [0.4, 0.5) is 0 Å². The van der Waals surface area contributed by atoms with Gasteiger partial charge in [0.25, 0.3) is 0 Å².